The van der Waals surface area contributed by atoms with Crippen LogP contribution in [0.1, 0.15) is 43.4 Å². The maximum Gasteiger partial charge on any atom is 0.136 e. The molecule has 0 amide bonds. The number of nitrogens with zero attached hydrogens (tertiary/aromatic N) is 1. The molecule has 0 unspecified atom stereocenters. The van der Waals surface area contributed by atoms with Crippen LogP contribution in [0.4, 0.5) is 0 Å². The summed E-state index contributed by atoms with van der Waals surface area (Å²) in [7, 11) is 0. The molecule has 8 aromatic rings. The van der Waals surface area contributed by atoms with E-state index in [1.54, 1.807) is 0 Å². The topological polar surface area (TPSA) is 25.5 Å². The molecule has 9 rings (SSSR count). The summed E-state index contributed by atoms with van der Waals surface area (Å²) < 4.78 is 6.35. The van der Waals surface area contributed by atoms with Gasteiger partial charge >= 0.3 is 0 Å². The number of rotatable bonds is 4. The highest BCUT2D eigenvalue weighted by atomic mass is 16.3. The van der Waals surface area contributed by atoms with Gasteiger partial charge in [0, 0.05) is 22.0 Å². The Labute approximate surface area is 286 Å². The summed E-state index contributed by atoms with van der Waals surface area (Å²) in [6.45, 7) is 4.53. The fourth-order valence-corrected chi connectivity index (χ4v) is 7.63. The Morgan fingerprint density at radius 1 is 0.490 bits per heavy atom. The third-order valence-electron chi connectivity index (χ3n) is 10.1. The normalized spacial score (nSPS) is 18.1. The molecule has 1 aliphatic rings. The van der Waals surface area contributed by atoms with Gasteiger partial charge in [-0.25, -0.2) is 0 Å². The molecule has 2 heteroatoms. The second-order valence-electron chi connectivity index (χ2n) is 13.2. The largest absolute Gasteiger partial charge is 0.456 e. The van der Waals surface area contributed by atoms with E-state index in [1.165, 1.54) is 55.0 Å². The molecule has 7 aromatic carbocycles. The number of fused-ring (bicyclic) bond motifs is 5. The van der Waals surface area contributed by atoms with Crippen LogP contribution in [0, 0.1) is 0 Å². The zero-order valence-corrected chi connectivity index (χ0v) is 27.7. The number of hydrogen-bond donors (Lipinski definition) is 0. The Hall–Kier alpha value is -5.99. The second kappa shape index (κ2) is 11.9. The molecule has 0 N–H and O–H groups in total. The molecule has 0 saturated carbocycles. The molecule has 2 heterocycles. The smallest absolute Gasteiger partial charge is 0.136 e. The van der Waals surface area contributed by atoms with E-state index in [1.807, 2.05) is 12.1 Å². The molecule has 0 spiro atoms. The Balaban J connectivity index is 1.20. The first-order valence-electron chi connectivity index (χ1n) is 17.1. The van der Waals surface area contributed by atoms with Crippen LogP contribution in [-0.2, 0) is 0 Å². The van der Waals surface area contributed by atoms with Crippen LogP contribution in [0.3, 0.4) is 0 Å². The van der Waals surface area contributed by atoms with Crippen molar-refractivity contribution in [3.8, 4) is 11.1 Å². The molecule has 49 heavy (non-hydrogen) atoms. The van der Waals surface area contributed by atoms with Gasteiger partial charge < -0.3 is 4.42 Å². The quantitative estimate of drug-likeness (QED) is 0.190. The van der Waals surface area contributed by atoms with Crippen LogP contribution in [0.25, 0.3) is 65.9 Å². The Bertz CT molecular complexity index is 2670. The zero-order valence-electron chi connectivity index (χ0n) is 27.7. The number of aliphatic imine (C=N–C) groups is 1. The molecule has 2 nitrogen and oxygen atoms in total. The van der Waals surface area contributed by atoms with Crippen LogP contribution in [0.15, 0.2) is 172 Å². The molecule has 1 aromatic heterocycles. The van der Waals surface area contributed by atoms with Gasteiger partial charge in [-0.2, -0.15) is 0 Å². The van der Waals surface area contributed by atoms with Gasteiger partial charge in [-0.05, 0) is 112 Å². The van der Waals surface area contributed by atoms with Crippen molar-refractivity contribution in [1.29, 1.82) is 0 Å². The summed E-state index contributed by atoms with van der Waals surface area (Å²) in [6.07, 6.45) is 1.78. The maximum atomic E-state index is 6.35. The van der Waals surface area contributed by atoms with E-state index in [0.717, 1.165) is 57.3 Å². The summed E-state index contributed by atoms with van der Waals surface area (Å²) in [4.78, 5) is 5.63. The van der Waals surface area contributed by atoms with Crippen LogP contribution in [0.5, 0.6) is 0 Å². The van der Waals surface area contributed by atoms with E-state index in [-0.39, 0.29) is 0 Å². The van der Waals surface area contributed by atoms with E-state index >= 15 is 0 Å². The van der Waals surface area contributed by atoms with E-state index in [4.69, 9.17) is 9.41 Å². The number of benzene rings is 7. The minimum absolute atomic E-state index is 0.849. The molecule has 0 saturated heterocycles. The molecule has 0 fully saturated rings. The highest BCUT2D eigenvalue weighted by Crippen LogP contribution is 2.41. The Morgan fingerprint density at radius 2 is 1.10 bits per heavy atom. The molecule has 1 aliphatic heterocycles. The number of allylic oxidation sites excluding steroid dienone is 3. The standard InChI is InChI=1S/C47H35NO/c1-30-19-26-42(39-25-24-37-28-36(22-23-38(37)29-39)35-21-20-32-11-6-7-14-34(32)27-35)48-47(31(2)45(30)33-12-4-3-5-13-33)41-16-10-18-44-46(41)40-15-8-9-17-43(40)49-44/h3-18,20-25,27-29H,19,26H2,1-2H3/b45-30-,47-31-,48-42+. The van der Waals surface area contributed by atoms with Gasteiger partial charge in [-0.3, -0.25) is 4.99 Å². The number of furan rings is 1. The van der Waals surface area contributed by atoms with Crippen LogP contribution < -0.4 is 0 Å². The Kier molecular flexibility index (Phi) is 7.09. The van der Waals surface area contributed by atoms with Gasteiger partial charge in [-0.1, -0.05) is 127 Å². The van der Waals surface area contributed by atoms with E-state index < -0.39 is 0 Å². The lowest BCUT2D eigenvalue weighted by atomic mass is 9.86. The molecule has 234 valence electrons. The summed E-state index contributed by atoms with van der Waals surface area (Å²) in [6, 6.07) is 54.4. The first-order chi connectivity index (χ1) is 24.1. The lowest BCUT2D eigenvalue weighted by molar-refractivity contribution is 0.669. The molecular weight excluding hydrogens is 595 g/mol. The third-order valence-corrected chi connectivity index (χ3v) is 10.1. The molecule has 0 aliphatic carbocycles. The van der Waals surface area contributed by atoms with Crippen LogP contribution in [-0.4, -0.2) is 5.71 Å². The Morgan fingerprint density at radius 3 is 1.90 bits per heavy atom. The highest BCUT2D eigenvalue weighted by molar-refractivity contribution is 6.14. The maximum absolute atomic E-state index is 6.35. The van der Waals surface area contributed by atoms with Crippen molar-refractivity contribution in [1.82, 2.24) is 0 Å². The van der Waals surface area contributed by atoms with Gasteiger partial charge in [0.1, 0.15) is 11.2 Å². The molecule has 0 bridgehead atoms. The van der Waals surface area contributed by atoms with Crippen molar-refractivity contribution in [3.63, 3.8) is 0 Å². The number of hydrogen-bond acceptors (Lipinski definition) is 2. The minimum Gasteiger partial charge on any atom is -0.456 e. The van der Waals surface area contributed by atoms with E-state index in [0.29, 0.717) is 0 Å². The SMILES string of the molecule is CC1=C(c2cccc3oc4ccccc4c23)/N=C(/c2ccc3cc(-c4ccc5ccccc5c4)ccc3c2)CC\C(C)=C\1c1ccccc1. The van der Waals surface area contributed by atoms with Gasteiger partial charge in [-0.15, -0.1) is 0 Å². The zero-order chi connectivity index (χ0) is 32.9. The average molecular weight is 630 g/mol. The summed E-state index contributed by atoms with van der Waals surface area (Å²) in [5, 5.41) is 7.19. The third kappa shape index (κ3) is 5.17. The van der Waals surface area contributed by atoms with Crippen molar-refractivity contribution < 1.29 is 4.42 Å². The van der Waals surface area contributed by atoms with E-state index in [2.05, 4.69) is 153 Å². The van der Waals surface area contributed by atoms with Crippen LogP contribution in [0.2, 0.25) is 0 Å². The highest BCUT2D eigenvalue weighted by Gasteiger charge is 2.22. The summed E-state index contributed by atoms with van der Waals surface area (Å²) >= 11 is 0. The van der Waals surface area contributed by atoms with Crippen molar-refractivity contribution >= 4 is 60.5 Å². The van der Waals surface area contributed by atoms with Gasteiger partial charge in [0.05, 0.1) is 5.70 Å². The average Bonchev–Trinajstić information content (AvgIpc) is 3.53. The second-order valence-corrected chi connectivity index (χ2v) is 13.2. The fourth-order valence-electron chi connectivity index (χ4n) is 7.63. The molecule has 0 atom stereocenters. The van der Waals surface area contributed by atoms with Crippen molar-refractivity contribution in [2.24, 2.45) is 4.99 Å². The van der Waals surface area contributed by atoms with Crippen molar-refractivity contribution in [2.45, 2.75) is 26.7 Å². The predicted molar refractivity (Wildman–Crippen MR) is 208 cm³/mol. The lowest BCUT2D eigenvalue weighted by Gasteiger charge is -2.21. The monoisotopic (exact) mass is 629 g/mol. The van der Waals surface area contributed by atoms with E-state index in [9.17, 15) is 0 Å². The van der Waals surface area contributed by atoms with Crippen LogP contribution >= 0.6 is 0 Å². The first kappa shape index (κ1) is 29.2. The van der Waals surface area contributed by atoms with Gasteiger partial charge in [0.15, 0.2) is 0 Å². The minimum atomic E-state index is 0.849. The molecular formula is C47H35NO. The first-order valence-corrected chi connectivity index (χ1v) is 17.1. The summed E-state index contributed by atoms with van der Waals surface area (Å²) in [5.74, 6) is 0. The lowest BCUT2D eigenvalue weighted by Crippen LogP contribution is -2.07. The predicted octanol–water partition coefficient (Wildman–Crippen LogP) is 13.0. The van der Waals surface area contributed by atoms with Crippen molar-refractivity contribution in [3.05, 3.63) is 179 Å². The van der Waals surface area contributed by atoms with Gasteiger partial charge in [0.25, 0.3) is 0 Å². The van der Waals surface area contributed by atoms with Gasteiger partial charge in [0.2, 0.25) is 0 Å². The number of para-hydroxylation sites is 1. The summed E-state index contributed by atoms with van der Waals surface area (Å²) in [5.41, 5.74) is 13.7. The van der Waals surface area contributed by atoms with Crippen molar-refractivity contribution in [2.75, 3.05) is 0 Å². The fraction of sp³-hybridized carbons (Fsp3) is 0.0851. The molecule has 0 radical (unpaired) electrons.